The summed E-state index contributed by atoms with van der Waals surface area (Å²) in [5.41, 5.74) is 0.914. The van der Waals surface area contributed by atoms with Gasteiger partial charge in [-0.15, -0.1) is 0 Å². The minimum absolute atomic E-state index is 0.0525. The van der Waals surface area contributed by atoms with E-state index in [1.54, 1.807) is 31.4 Å². The lowest BCUT2D eigenvalue weighted by atomic mass is 10.0. The quantitative estimate of drug-likeness (QED) is 0.208. The second kappa shape index (κ2) is 7.16. The summed E-state index contributed by atoms with van der Waals surface area (Å²) in [6.45, 7) is 1.48. The van der Waals surface area contributed by atoms with E-state index in [0.29, 0.717) is 22.6 Å². The van der Waals surface area contributed by atoms with Crippen LogP contribution >= 0.6 is 0 Å². The zero-order chi connectivity index (χ0) is 19.7. The molecule has 0 aliphatic heterocycles. The molecular weight excluding hydrogens is 352 g/mol. The lowest BCUT2D eigenvalue weighted by molar-refractivity contribution is 0.0729. The Kier molecular flexibility index (Phi) is 4.53. The van der Waals surface area contributed by atoms with Gasteiger partial charge in [0.05, 0.1) is 12.7 Å². The van der Waals surface area contributed by atoms with Crippen LogP contribution in [0, 0.1) is 0 Å². The van der Waals surface area contributed by atoms with E-state index in [9.17, 15) is 9.59 Å². The number of hydrogen-bond acceptors (Lipinski definition) is 4. The highest BCUT2D eigenvalue weighted by atomic mass is 16.6. The molecule has 0 fully saturated rings. The highest BCUT2D eigenvalue weighted by Gasteiger charge is 2.14. The predicted molar refractivity (Wildman–Crippen MR) is 109 cm³/mol. The van der Waals surface area contributed by atoms with Crippen LogP contribution in [-0.2, 0) is 0 Å². The normalized spacial score (nSPS) is 10.8. The van der Waals surface area contributed by atoms with Gasteiger partial charge in [0.25, 0.3) is 0 Å². The molecule has 0 saturated carbocycles. The Balaban J connectivity index is 1.71. The van der Waals surface area contributed by atoms with Gasteiger partial charge < -0.3 is 9.47 Å². The van der Waals surface area contributed by atoms with Crippen LogP contribution in [-0.4, -0.2) is 18.9 Å². The van der Waals surface area contributed by atoms with Crippen molar-refractivity contribution in [2.75, 3.05) is 7.11 Å². The third-order valence-electron chi connectivity index (χ3n) is 4.72. The lowest BCUT2D eigenvalue weighted by Crippen LogP contribution is -2.09. The average molecular weight is 370 g/mol. The molecule has 0 radical (unpaired) electrons. The molecule has 138 valence electrons. The van der Waals surface area contributed by atoms with E-state index >= 15 is 0 Å². The van der Waals surface area contributed by atoms with Crippen molar-refractivity contribution in [3.05, 3.63) is 83.9 Å². The number of esters is 1. The molecule has 4 rings (SSSR count). The lowest BCUT2D eigenvalue weighted by Gasteiger charge is -2.12. The van der Waals surface area contributed by atoms with E-state index in [-0.39, 0.29) is 5.78 Å². The molecule has 0 aromatic heterocycles. The van der Waals surface area contributed by atoms with Gasteiger partial charge in [0.1, 0.15) is 0 Å². The number of benzene rings is 4. The van der Waals surface area contributed by atoms with Crippen LogP contribution in [0.3, 0.4) is 0 Å². The Labute approximate surface area is 162 Å². The van der Waals surface area contributed by atoms with E-state index < -0.39 is 5.97 Å². The minimum Gasteiger partial charge on any atom is -0.493 e. The molecule has 0 saturated heterocycles. The largest absolute Gasteiger partial charge is 0.493 e. The highest BCUT2D eigenvalue weighted by Crippen LogP contribution is 2.35. The van der Waals surface area contributed by atoms with Gasteiger partial charge in [0.2, 0.25) is 0 Å². The first-order chi connectivity index (χ1) is 13.5. The number of rotatable bonds is 4. The molecule has 0 unspecified atom stereocenters. The average Bonchev–Trinajstić information content (AvgIpc) is 2.71. The molecule has 4 heteroatoms. The Morgan fingerprint density at radius 1 is 0.679 bits per heavy atom. The number of ether oxygens (including phenoxy) is 2. The van der Waals surface area contributed by atoms with Crippen LogP contribution < -0.4 is 9.47 Å². The number of methoxy groups -OCH3 is 1. The minimum atomic E-state index is -0.506. The summed E-state index contributed by atoms with van der Waals surface area (Å²) in [6, 6.07) is 22.3. The SMILES string of the molecule is COc1cc2cc3ccccc3cc2cc1OC(=O)c1ccc(C(C)=O)cc1. The monoisotopic (exact) mass is 370 g/mol. The van der Waals surface area contributed by atoms with Crippen molar-refractivity contribution in [3.63, 3.8) is 0 Å². The maximum atomic E-state index is 12.5. The first kappa shape index (κ1) is 17.7. The summed E-state index contributed by atoms with van der Waals surface area (Å²) in [6.07, 6.45) is 0. The molecule has 0 amide bonds. The fourth-order valence-electron chi connectivity index (χ4n) is 3.19. The van der Waals surface area contributed by atoms with Crippen molar-refractivity contribution in [1.29, 1.82) is 0 Å². The Bertz CT molecular complexity index is 1210. The third-order valence-corrected chi connectivity index (χ3v) is 4.72. The highest BCUT2D eigenvalue weighted by molar-refractivity contribution is 6.00. The van der Waals surface area contributed by atoms with Crippen molar-refractivity contribution in [2.45, 2.75) is 6.92 Å². The zero-order valence-electron chi connectivity index (χ0n) is 15.6. The molecular formula is C24H18O4. The summed E-state index contributed by atoms with van der Waals surface area (Å²) < 4.78 is 11.0. The Morgan fingerprint density at radius 3 is 1.75 bits per heavy atom. The molecule has 4 aromatic rings. The van der Waals surface area contributed by atoms with Gasteiger partial charge in [0, 0.05) is 5.56 Å². The smallest absolute Gasteiger partial charge is 0.343 e. The molecule has 0 aliphatic carbocycles. The fourth-order valence-corrected chi connectivity index (χ4v) is 3.19. The summed E-state index contributed by atoms with van der Waals surface area (Å²) in [7, 11) is 1.54. The van der Waals surface area contributed by atoms with E-state index in [4.69, 9.17) is 9.47 Å². The van der Waals surface area contributed by atoms with E-state index in [0.717, 1.165) is 21.5 Å². The van der Waals surface area contributed by atoms with Crippen LogP contribution in [0.15, 0.2) is 72.8 Å². The fraction of sp³-hybridized carbons (Fsp3) is 0.0833. The maximum Gasteiger partial charge on any atom is 0.343 e. The molecule has 0 N–H and O–H groups in total. The van der Waals surface area contributed by atoms with Gasteiger partial charge in [-0.3, -0.25) is 4.79 Å². The van der Waals surface area contributed by atoms with Crippen molar-refractivity contribution in [3.8, 4) is 11.5 Å². The summed E-state index contributed by atoms with van der Waals surface area (Å²) in [4.78, 5) is 23.9. The van der Waals surface area contributed by atoms with Gasteiger partial charge >= 0.3 is 5.97 Å². The van der Waals surface area contributed by atoms with Crippen LogP contribution in [0.1, 0.15) is 27.6 Å². The number of hydrogen-bond donors (Lipinski definition) is 0. The second-order valence-corrected chi connectivity index (χ2v) is 6.57. The number of carbonyl (C=O) groups is 2. The van der Waals surface area contributed by atoms with E-state index in [2.05, 4.69) is 18.2 Å². The van der Waals surface area contributed by atoms with Crippen LogP contribution in [0.25, 0.3) is 21.5 Å². The van der Waals surface area contributed by atoms with Crippen molar-refractivity contribution < 1.29 is 19.1 Å². The predicted octanol–water partition coefficient (Wildman–Crippen LogP) is 5.42. The molecule has 0 spiro atoms. The summed E-state index contributed by atoms with van der Waals surface area (Å²) in [5.74, 6) is 0.277. The number of carbonyl (C=O) groups excluding carboxylic acids is 2. The number of fused-ring (bicyclic) bond motifs is 2. The summed E-state index contributed by atoms with van der Waals surface area (Å²) in [5, 5.41) is 4.19. The van der Waals surface area contributed by atoms with Crippen LogP contribution in [0.2, 0.25) is 0 Å². The van der Waals surface area contributed by atoms with E-state index in [1.165, 1.54) is 6.92 Å². The van der Waals surface area contributed by atoms with Crippen LogP contribution in [0.4, 0.5) is 0 Å². The number of Topliss-reactive ketones (excluding diaryl/α,β-unsaturated/α-hetero) is 1. The van der Waals surface area contributed by atoms with Gasteiger partial charge in [-0.05, 0) is 64.9 Å². The third kappa shape index (κ3) is 3.32. The second-order valence-electron chi connectivity index (χ2n) is 6.57. The Morgan fingerprint density at radius 2 is 1.21 bits per heavy atom. The molecule has 0 heterocycles. The molecule has 0 aliphatic rings. The zero-order valence-corrected chi connectivity index (χ0v) is 15.6. The van der Waals surface area contributed by atoms with Gasteiger partial charge in [-0.2, -0.15) is 0 Å². The standard InChI is InChI=1S/C24H18O4/c1-15(25)16-7-9-17(10-8-16)24(26)28-23-14-21-12-19-6-4-3-5-18(19)11-20(21)13-22(23)27-2/h3-14H,1-2H3. The van der Waals surface area contributed by atoms with Gasteiger partial charge in [-0.25, -0.2) is 4.79 Å². The molecule has 4 nitrogen and oxygen atoms in total. The maximum absolute atomic E-state index is 12.5. The first-order valence-corrected chi connectivity index (χ1v) is 8.89. The van der Waals surface area contributed by atoms with Crippen LogP contribution in [0.5, 0.6) is 11.5 Å². The Hall–Kier alpha value is -3.66. The molecule has 4 aromatic carbocycles. The molecule has 28 heavy (non-hydrogen) atoms. The first-order valence-electron chi connectivity index (χ1n) is 8.89. The van der Waals surface area contributed by atoms with Gasteiger partial charge in [-0.1, -0.05) is 36.4 Å². The van der Waals surface area contributed by atoms with E-state index in [1.807, 2.05) is 30.3 Å². The van der Waals surface area contributed by atoms with Crippen molar-refractivity contribution >= 4 is 33.3 Å². The van der Waals surface area contributed by atoms with Crippen molar-refractivity contribution in [1.82, 2.24) is 0 Å². The molecule has 0 atom stereocenters. The number of ketones is 1. The van der Waals surface area contributed by atoms with Gasteiger partial charge in [0.15, 0.2) is 17.3 Å². The topological polar surface area (TPSA) is 52.6 Å². The summed E-state index contributed by atoms with van der Waals surface area (Å²) >= 11 is 0. The molecule has 0 bridgehead atoms. The van der Waals surface area contributed by atoms with Crippen molar-refractivity contribution in [2.24, 2.45) is 0 Å².